The standard InChI is InChI=1S/C10H16N2O2S/c1-12(7-3-4-7)10-11-8(6-14-2)9(5-13)15-10/h7,13H,3-6H2,1-2H3. The molecule has 1 saturated carbocycles. The average molecular weight is 228 g/mol. The Morgan fingerprint density at radius 3 is 2.87 bits per heavy atom. The number of hydrogen-bond donors (Lipinski definition) is 1. The van der Waals surface area contributed by atoms with E-state index in [0.717, 1.165) is 15.7 Å². The number of aromatic nitrogens is 1. The molecule has 0 spiro atoms. The van der Waals surface area contributed by atoms with Gasteiger partial charge in [0, 0.05) is 20.2 Å². The number of thiazole rings is 1. The first-order valence-electron chi connectivity index (χ1n) is 5.07. The molecule has 1 aliphatic rings. The van der Waals surface area contributed by atoms with Crippen molar-refractivity contribution in [3.8, 4) is 0 Å². The molecule has 15 heavy (non-hydrogen) atoms. The molecule has 0 unspecified atom stereocenters. The first-order valence-corrected chi connectivity index (χ1v) is 5.89. The fourth-order valence-corrected chi connectivity index (χ4v) is 2.47. The van der Waals surface area contributed by atoms with Crippen molar-refractivity contribution in [3.63, 3.8) is 0 Å². The second kappa shape index (κ2) is 4.47. The summed E-state index contributed by atoms with van der Waals surface area (Å²) in [5, 5.41) is 10.2. The highest BCUT2D eigenvalue weighted by Gasteiger charge is 2.28. The van der Waals surface area contributed by atoms with Crippen LogP contribution in [0.25, 0.3) is 0 Å². The second-order valence-electron chi connectivity index (χ2n) is 3.80. The first-order chi connectivity index (χ1) is 7.26. The molecule has 84 valence electrons. The molecule has 0 amide bonds. The minimum Gasteiger partial charge on any atom is -0.391 e. The van der Waals surface area contributed by atoms with Gasteiger partial charge in [0.25, 0.3) is 0 Å². The van der Waals surface area contributed by atoms with Crippen LogP contribution < -0.4 is 4.90 Å². The molecule has 0 atom stereocenters. The maximum atomic E-state index is 9.19. The lowest BCUT2D eigenvalue weighted by Gasteiger charge is -2.13. The zero-order valence-corrected chi connectivity index (χ0v) is 9.88. The van der Waals surface area contributed by atoms with E-state index in [2.05, 4.69) is 16.9 Å². The Morgan fingerprint density at radius 1 is 1.60 bits per heavy atom. The van der Waals surface area contributed by atoms with E-state index in [4.69, 9.17) is 4.74 Å². The molecule has 0 saturated heterocycles. The zero-order chi connectivity index (χ0) is 10.8. The highest BCUT2D eigenvalue weighted by Crippen LogP contribution is 2.34. The fraction of sp³-hybridized carbons (Fsp3) is 0.700. The van der Waals surface area contributed by atoms with Crippen molar-refractivity contribution in [2.75, 3.05) is 19.1 Å². The van der Waals surface area contributed by atoms with Crippen molar-refractivity contribution >= 4 is 16.5 Å². The molecule has 4 nitrogen and oxygen atoms in total. The summed E-state index contributed by atoms with van der Waals surface area (Å²) in [4.78, 5) is 7.60. The SMILES string of the molecule is COCc1nc(N(C)C2CC2)sc1CO. The van der Waals surface area contributed by atoms with Gasteiger partial charge >= 0.3 is 0 Å². The highest BCUT2D eigenvalue weighted by atomic mass is 32.1. The lowest BCUT2D eigenvalue weighted by Crippen LogP contribution is -2.19. The number of nitrogens with zero attached hydrogens (tertiary/aromatic N) is 2. The third kappa shape index (κ3) is 2.30. The Hall–Kier alpha value is -0.650. The van der Waals surface area contributed by atoms with Gasteiger partial charge in [-0.2, -0.15) is 0 Å². The van der Waals surface area contributed by atoms with E-state index in [0.29, 0.717) is 12.6 Å². The van der Waals surface area contributed by atoms with Gasteiger partial charge < -0.3 is 14.7 Å². The summed E-state index contributed by atoms with van der Waals surface area (Å²) in [5.74, 6) is 0. The number of aliphatic hydroxyl groups excluding tert-OH is 1. The summed E-state index contributed by atoms with van der Waals surface area (Å²) in [6.45, 7) is 0.528. The summed E-state index contributed by atoms with van der Waals surface area (Å²) in [5.41, 5.74) is 0.868. The summed E-state index contributed by atoms with van der Waals surface area (Å²) >= 11 is 1.56. The predicted molar refractivity (Wildman–Crippen MR) is 60.2 cm³/mol. The number of methoxy groups -OCH3 is 1. The van der Waals surface area contributed by atoms with Gasteiger partial charge in [0.15, 0.2) is 5.13 Å². The summed E-state index contributed by atoms with van der Waals surface area (Å²) in [6, 6.07) is 0.651. The molecule has 1 fully saturated rings. The van der Waals surface area contributed by atoms with Crippen LogP contribution >= 0.6 is 11.3 Å². The van der Waals surface area contributed by atoms with Crippen LogP contribution in [0.4, 0.5) is 5.13 Å². The largest absolute Gasteiger partial charge is 0.391 e. The summed E-state index contributed by atoms with van der Waals surface area (Å²) in [6.07, 6.45) is 2.51. The van der Waals surface area contributed by atoms with Crippen molar-refractivity contribution in [1.29, 1.82) is 0 Å². The van der Waals surface area contributed by atoms with E-state index < -0.39 is 0 Å². The molecule has 0 radical (unpaired) electrons. The van der Waals surface area contributed by atoms with Gasteiger partial charge in [0.1, 0.15) is 0 Å². The minimum atomic E-state index is 0.0505. The van der Waals surface area contributed by atoms with E-state index in [1.54, 1.807) is 18.4 Å². The molecule has 0 bridgehead atoms. The molecule has 1 aromatic rings. The second-order valence-corrected chi connectivity index (χ2v) is 4.86. The Balaban J connectivity index is 2.17. The molecule has 1 aromatic heterocycles. The van der Waals surface area contributed by atoms with Crippen molar-refractivity contribution in [3.05, 3.63) is 10.6 Å². The van der Waals surface area contributed by atoms with Crippen LogP contribution in [0.15, 0.2) is 0 Å². The molecular formula is C10H16N2O2S. The Bertz CT molecular complexity index is 336. The van der Waals surface area contributed by atoms with Crippen LogP contribution in [-0.4, -0.2) is 30.3 Å². The number of hydrogen-bond acceptors (Lipinski definition) is 5. The maximum absolute atomic E-state index is 9.19. The van der Waals surface area contributed by atoms with Gasteiger partial charge in [0.2, 0.25) is 0 Å². The molecular weight excluding hydrogens is 212 g/mol. The maximum Gasteiger partial charge on any atom is 0.185 e. The fourth-order valence-electron chi connectivity index (χ4n) is 1.51. The average Bonchev–Trinajstić information content (AvgIpc) is 3.00. The van der Waals surface area contributed by atoms with Gasteiger partial charge in [-0.15, -0.1) is 0 Å². The lowest BCUT2D eigenvalue weighted by molar-refractivity contribution is 0.179. The third-order valence-corrected chi connectivity index (χ3v) is 3.76. The quantitative estimate of drug-likeness (QED) is 0.827. The van der Waals surface area contributed by atoms with Crippen molar-refractivity contribution < 1.29 is 9.84 Å². The van der Waals surface area contributed by atoms with E-state index in [1.165, 1.54) is 12.8 Å². The summed E-state index contributed by atoms with van der Waals surface area (Å²) < 4.78 is 5.05. The van der Waals surface area contributed by atoms with Crippen molar-refractivity contribution in [1.82, 2.24) is 4.98 Å². The van der Waals surface area contributed by atoms with Gasteiger partial charge in [0.05, 0.1) is 23.8 Å². The zero-order valence-electron chi connectivity index (χ0n) is 9.06. The molecule has 5 heteroatoms. The van der Waals surface area contributed by atoms with Crippen LogP contribution in [-0.2, 0) is 18.0 Å². The van der Waals surface area contributed by atoms with Gasteiger partial charge in [-0.3, -0.25) is 0 Å². The number of ether oxygens (including phenoxy) is 1. The van der Waals surface area contributed by atoms with Crippen molar-refractivity contribution in [2.24, 2.45) is 0 Å². The summed E-state index contributed by atoms with van der Waals surface area (Å²) in [7, 11) is 3.71. The Kier molecular flexibility index (Phi) is 3.23. The van der Waals surface area contributed by atoms with Crippen LogP contribution in [0, 0.1) is 0 Å². The lowest BCUT2D eigenvalue weighted by atomic mass is 10.4. The Morgan fingerprint density at radius 2 is 2.33 bits per heavy atom. The van der Waals surface area contributed by atoms with Gasteiger partial charge in [-0.1, -0.05) is 11.3 Å². The molecule has 0 aromatic carbocycles. The smallest absolute Gasteiger partial charge is 0.185 e. The van der Waals surface area contributed by atoms with Crippen LogP contribution in [0.3, 0.4) is 0 Å². The van der Waals surface area contributed by atoms with Crippen LogP contribution in [0.1, 0.15) is 23.4 Å². The highest BCUT2D eigenvalue weighted by molar-refractivity contribution is 7.15. The van der Waals surface area contributed by atoms with E-state index in [9.17, 15) is 5.11 Å². The normalized spacial score (nSPS) is 15.7. The molecule has 1 heterocycles. The first kappa shape index (κ1) is 10.9. The molecule has 1 N–H and O–H groups in total. The monoisotopic (exact) mass is 228 g/mol. The predicted octanol–water partition coefficient (Wildman–Crippen LogP) is 1.38. The van der Waals surface area contributed by atoms with Crippen molar-refractivity contribution in [2.45, 2.75) is 32.1 Å². The number of aliphatic hydroxyl groups is 1. The van der Waals surface area contributed by atoms with Gasteiger partial charge in [-0.25, -0.2) is 4.98 Å². The number of anilines is 1. The van der Waals surface area contributed by atoms with Crippen LogP contribution in [0.5, 0.6) is 0 Å². The molecule has 0 aliphatic heterocycles. The topological polar surface area (TPSA) is 45.6 Å². The van der Waals surface area contributed by atoms with E-state index in [-0.39, 0.29) is 6.61 Å². The molecule has 1 aliphatic carbocycles. The van der Waals surface area contributed by atoms with E-state index in [1.807, 2.05) is 0 Å². The van der Waals surface area contributed by atoms with Gasteiger partial charge in [-0.05, 0) is 12.8 Å². The molecule has 2 rings (SSSR count). The minimum absolute atomic E-state index is 0.0505. The van der Waals surface area contributed by atoms with Crippen LogP contribution in [0.2, 0.25) is 0 Å². The third-order valence-electron chi connectivity index (χ3n) is 2.59. The van der Waals surface area contributed by atoms with E-state index >= 15 is 0 Å². The Labute approximate surface area is 93.5 Å². The number of rotatable bonds is 5.